The van der Waals surface area contributed by atoms with Gasteiger partial charge in [0.05, 0.1) is 10.7 Å². The van der Waals surface area contributed by atoms with Gasteiger partial charge in [0.1, 0.15) is 5.75 Å². The van der Waals surface area contributed by atoms with Crippen LogP contribution in [0, 0.1) is 0 Å². The number of rotatable bonds is 6. The van der Waals surface area contributed by atoms with Crippen LogP contribution in [0.15, 0.2) is 77.7 Å². The summed E-state index contributed by atoms with van der Waals surface area (Å²) in [6.45, 7) is 0.305. The molecule has 0 atom stereocenters. The fraction of sp³-hybridized carbons (Fsp3) is 0.100. The number of anilines is 1. The van der Waals surface area contributed by atoms with Gasteiger partial charge >= 0.3 is 0 Å². The molecule has 0 bridgehead atoms. The molecule has 1 N–H and O–H groups in total. The average molecular weight is 369 g/mol. The van der Waals surface area contributed by atoms with Gasteiger partial charge in [0.2, 0.25) is 5.91 Å². The van der Waals surface area contributed by atoms with E-state index >= 15 is 0 Å². The number of hydrogen-bond donors (Lipinski definition) is 1. The Morgan fingerprint density at radius 1 is 0.962 bits per heavy atom. The molecule has 0 unspecified atom stereocenters. The molecule has 0 aliphatic heterocycles. The van der Waals surface area contributed by atoms with Gasteiger partial charge in [-0.2, -0.15) is 0 Å². The molecule has 1 heterocycles. The Hall–Kier alpha value is -3.05. The number of carbonyl (C=O) groups excluding carboxylic acids is 1. The quantitative estimate of drug-likeness (QED) is 0.704. The zero-order valence-corrected chi connectivity index (χ0v) is 14.6. The molecule has 5 nitrogen and oxygen atoms in total. The van der Waals surface area contributed by atoms with E-state index in [1.165, 1.54) is 10.6 Å². The molecule has 3 rings (SSSR count). The van der Waals surface area contributed by atoms with Gasteiger partial charge in [-0.25, -0.2) is 0 Å². The Morgan fingerprint density at radius 2 is 1.65 bits per heavy atom. The van der Waals surface area contributed by atoms with Gasteiger partial charge in [0.15, 0.2) is 5.75 Å². The van der Waals surface area contributed by atoms with Gasteiger partial charge < -0.3 is 14.6 Å². The number of amides is 1. The van der Waals surface area contributed by atoms with Crippen LogP contribution >= 0.6 is 11.6 Å². The summed E-state index contributed by atoms with van der Waals surface area (Å²) in [6.07, 6.45) is 1.83. The van der Waals surface area contributed by atoms with Crippen LogP contribution in [0.3, 0.4) is 0 Å². The summed E-state index contributed by atoms with van der Waals surface area (Å²) in [7, 11) is 0. The van der Waals surface area contributed by atoms with Gasteiger partial charge in [-0.1, -0.05) is 41.9 Å². The Labute approximate surface area is 155 Å². The van der Waals surface area contributed by atoms with Gasteiger partial charge in [-0.3, -0.25) is 9.59 Å². The van der Waals surface area contributed by atoms with Gasteiger partial charge in [0, 0.05) is 25.2 Å². The Morgan fingerprint density at radius 3 is 2.42 bits per heavy atom. The topological polar surface area (TPSA) is 60.3 Å². The fourth-order valence-electron chi connectivity index (χ4n) is 2.38. The summed E-state index contributed by atoms with van der Waals surface area (Å²) in [5, 5.41) is 3.30. The molecule has 0 aliphatic rings. The van der Waals surface area contributed by atoms with Crippen LogP contribution in [0.25, 0.3) is 0 Å². The third kappa shape index (κ3) is 4.52. The highest BCUT2D eigenvalue weighted by atomic mass is 35.5. The maximum absolute atomic E-state index is 12.3. The standard InChI is InChI=1S/C20H17ClN2O3/c21-15-7-1-3-9-17(15)26-18-10-4-2-8-16(18)22-19(24)12-14-23-13-6-5-11-20(23)25/h1-11,13H,12,14H2,(H,22,24). The van der Waals surface area contributed by atoms with Crippen molar-refractivity contribution in [1.82, 2.24) is 4.57 Å². The molecule has 1 aromatic heterocycles. The normalized spacial score (nSPS) is 10.3. The van der Waals surface area contributed by atoms with E-state index in [9.17, 15) is 9.59 Å². The van der Waals surface area contributed by atoms with E-state index in [1.54, 1.807) is 48.7 Å². The average Bonchev–Trinajstić information content (AvgIpc) is 2.64. The van der Waals surface area contributed by atoms with E-state index < -0.39 is 0 Å². The predicted molar refractivity (Wildman–Crippen MR) is 102 cm³/mol. The second kappa shape index (κ2) is 8.36. The van der Waals surface area contributed by atoms with Crippen molar-refractivity contribution in [1.29, 1.82) is 0 Å². The fourth-order valence-corrected chi connectivity index (χ4v) is 2.56. The number of nitrogens with one attached hydrogen (secondary N) is 1. The van der Waals surface area contributed by atoms with Crippen LogP contribution in [-0.4, -0.2) is 10.5 Å². The zero-order valence-electron chi connectivity index (χ0n) is 13.9. The van der Waals surface area contributed by atoms with E-state index in [0.29, 0.717) is 28.8 Å². The van der Waals surface area contributed by atoms with E-state index in [2.05, 4.69) is 5.32 Å². The molecule has 0 radical (unpaired) electrons. The SMILES string of the molecule is O=C(CCn1ccccc1=O)Nc1ccccc1Oc1ccccc1Cl. The third-order valence-electron chi connectivity index (χ3n) is 3.70. The first kappa shape index (κ1) is 17.8. The Kier molecular flexibility index (Phi) is 5.71. The monoisotopic (exact) mass is 368 g/mol. The molecule has 3 aromatic rings. The lowest BCUT2D eigenvalue weighted by atomic mass is 10.2. The summed E-state index contributed by atoms with van der Waals surface area (Å²) in [5.74, 6) is 0.786. The molecule has 1 amide bonds. The van der Waals surface area contributed by atoms with Crippen LogP contribution in [0.1, 0.15) is 6.42 Å². The summed E-state index contributed by atoms with van der Waals surface area (Å²) >= 11 is 6.12. The number of aryl methyl sites for hydroxylation is 1. The van der Waals surface area contributed by atoms with Crippen LogP contribution in [0.2, 0.25) is 5.02 Å². The second-order valence-electron chi connectivity index (χ2n) is 5.56. The van der Waals surface area contributed by atoms with Gasteiger partial charge in [-0.15, -0.1) is 0 Å². The first-order valence-electron chi connectivity index (χ1n) is 8.10. The lowest BCUT2D eigenvalue weighted by Crippen LogP contribution is -2.21. The molecular weight excluding hydrogens is 352 g/mol. The number of para-hydroxylation sites is 3. The molecule has 0 spiro atoms. The summed E-state index contributed by atoms with van der Waals surface area (Å²) in [4.78, 5) is 23.9. The number of benzene rings is 2. The number of aromatic nitrogens is 1. The lowest BCUT2D eigenvalue weighted by molar-refractivity contribution is -0.116. The molecule has 0 fully saturated rings. The van der Waals surface area contributed by atoms with Gasteiger partial charge in [0.25, 0.3) is 5.56 Å². The van der Waals surface area contributed by atoms with E-state index in [-0.39, 0.29) is 17.9 Å². The minimum absolute atomic E-state index is 0.136. The number of hydrogen-bond acceptors (Lipinski definition) is 3. The van der Waals surface area contributed by atoms with Gasteiger partial charge in [-0.05, 0) is 30.3 Å². The van der Waals surface area contributed by atoms with Crippen molar-refractivity contribution >= 4 is 23.2 Å². The Bertz CT molecular complexity index is 969. The molecule has 26 heavy (non-hydrogen) atoms. The van der Waals surface area contributed by atoms with Crippen molar-refractivity contribution in [2.24, 2.45) is 0 Å². The Balaban J connectivity index is 1.68. The smallest absolute Gasteiger partial charge is 0.250 e. The minimum atomic E-state index is -0.212. The molecule has 0 aliphatic carbocycles. The highest BCUT2D eigenvalue weighted by molar-refractivity contribution is 6.32. The molecule has 0 saturated carbocycles. The number of carbonyl (C=O) groups is 1. The van der Waals surface area contributed by atoms with E-state index in [4.69, 9.17) is 16.3 Å². The highest BCUT2D eigenvalue weighted by Gasteiger charge is 2.10. The maximum atomic E-state index is 12.3. The van der Waals surface area contributed by atoms with Crippen molar-refractivity contribution in [3.63, 3.8) is 0 Å². The van der Waals surface area contributed by atoms with Crippen LogP contribution in [0.5, 0.6) is 11.5 Å². The molecular formula is C20H17ClN2O3. The third-order valence-corrected chi connectivity index (χ3v) is 4.01. The van der Waals surface area contributed by atoms with Crippen molar-refractivity contribution in [2.75, 3.05) is 5.32 Å². The largest absolute Gasteiger partial charge is 0.454 e. The number of halogens is 1. The maximum Gasteiger partial charge on any atom is 0.250 e. The highest BCUT2D eigenvalue weighted by Crippen LogP contribution is 2.33. The van der Waals surface area contributed by atoms with Crippen molar-refractivity contribution in [2.45, 2.75) is 13.0 Å². The first-order chi connectivity index (χ1) is 12.6. The molecule has 132 valence electrons. The van der Waals surface area contributed by atoms with E-state index in [1.807, 2.05) is 18.2 Å². The summed E-state index contributed by atoms with van der Waals surface area (Å²) < 4.78 is 7.31. The summed E-state index contributed by atoms with van der Waals surface area (Å²) in [5.41, 5.74) is 0.403. The molecule has 0 saturated heterocycles. The van der Waals surface area contributed by atoms with Crippen molar-refractivity contribution in [3.8, 4) is 11.5 Å². The molecule has 6 heteroatoms. The predicted octanol–water partition coefficient (Wildman–Crippen LogP) is 4.32. The van der Waals surface area contributed by atoms with E-state index in [0.717, 1.165) is 0 Å². The number of pyridine rings is 1. The van der Waals surface area contributed by atoms with Crippen LogP contribution < -0.4 is 15.6 Å². The lowest BCUT2D eigenvalue weighted by Gasteiger charge is -2.13. The zero-order chi connectivity index (χ0) is 18.4. The number of nitrogens with zero attached hydrogens (tertiary/aromatic N) is 1. The molecule has 2 aromatic carbocycles. The number of ether oxygens (including phenoxy) is 1. The van der Waals surface area contributed by atoms with Crippen LogP contribution in [0.4, 0.5) is 5.69 Å². The van der Waals surface area contributed by atoms with Crippen molar-refractivity contribution in [3.05, 3.63) is 88.3 Å². The first-order valence-corrected chi connectivity index (χ1v) is 8.48. The summed E-state index contributed by atoms with van der Waals surface area (Å²) in [6, 6.07) is 19.1. The minimum Gasteiger partial charge on any atom is -0.454 e. The van der Waals surface area contributed by atoms with Crippen molar-refractivity contribution < 1.29 is 9.53 Å². The second-order valence-corrected chi connectivity index (χ2v) is 5.97. The van der Waals surface area contributed by atoms with Crippen LogP contribution in [-0.2, 0) is 11.3 Å².